The van der Waals surface area contributed by atoms with E-state index in [0.717, 1.165) is 30.7 Å². The van der Waals surface area contributed by atoms with Crippen molar-refractivity contribution in [3.8, 4) is 11.3 Å². The maximum Gasteiger partial charge on any atom is 0.408 e. The van der Waals surface area contributed by atoms with Gasteiger partial charge < -0.3 is 29.4 Å². The second-order valence-corrected chi connectivity index (χ2v) is 13.2. The number of nitrogens with one attached hydrogen (secondary N) is 1. The zero-order chi connectivity index (χ0) is 37.1. The topological polar surface area (TPSA) is 140 Å². The molecular weight excluding hydrogens is 638 g/mol. The van der Waals surface area contributed by atoms with Crippen molar-refractivity contribution < 1.29 is 42.5 Å². The van der Waals surface area contributed by atoms with Crippen molar-refractivity contribution in [1.29, 1.82) is 0 Å². The van der Waals surface area contributed by atoms with Crippen LogP contribution in [-0.4, -0.2) is 68.3 Å². The van der Waals surface area contributed by atoms with E-state index in [-0.39, 0.29) is 30.8 Å². The Labute approximate surface area is 286 Å². The third-order valence-corrected chi connectivity index (χ3v) is 6.95. The summed E-state index contributed by atoms with van der Waals surface area (Å²) in [6.45, 7) is 14.9. The third-order valence-electron chi connectivity index (χ3n) is 6.95. The summed E-state index contributed by atoms with van der Waals surface area (Å²) in [7, 11) is 0. The van der Waals surface area contributed by atoms with E-state index in [1.54, 1.807) is 31.5 Å². The minimum atomic E-state index is -1.45. The monoisotopic (exact) mass is 686 g/mol. The van der Waals surface area contributed by atoms with Gasteiger partial charge in [-0.3, -0.25) is 9.59 Å². The summed E-state index contributed by atoms with van der Waals surface area (Å²) < 4.78 is 41.2. The normalized spacial score (nSPS) is 12.6. The van der Waals surface area contributed by atoms with Crippen LogP contribution >= 0.6 is 0 Å². The van der Waals surface area contributed by atoms with Crippen LogP contribution in [0.25, 0.3) is 11.3 Å². The van der Waals surface area contributed by atoms with Gasteiger partial charge >= 0.3 is 18.0 Å². The third kappa shape index (κ3) is 12.3. The predicted octanol–water partition coefficient (Wildman–Crippen LogP) is 6.75. The summed E-state index contributed by atoms with van der Waals surface area (Å²) in [4.78, 5) is 56.2. The standard InChI is InChI=1S/C34H42F2N4O7.C2H6/c1-21(41)46-20-28(42)40(16-15-26(31(43)44)38-32(45)47-34(5,6)7)29(33(2,3)4)30-37-27(24-17-23(35)13-14-25(24)36)19-39(30)18-22-11-9-8-10-12-22;1-2/h8-14,17,19,26,29H,15-16,18,20H2,1-7H3,(H,38,45)(H,43,44);1-2H3. The van der Waals surface area contributed by atoms with Gasteiger partial charge in [0.15, 0.2) is 6.61 Å². The average Bonchev–Trinajstić information content (AvgIpc) is 3.40. The number of imidazole rings is 1. The fraction of sp³-hybridized carbons (Fsp3) is 0.472. The van der Waals surface area contributed by atoms with E-state index in [1.165, 1.54) is 4.90 Å². The second kappa shape index (κ2) is 17.5. The molecule has 2 N–H and O–H groups in total. The van der Waals surface area contributed by atoms with Crippen molar-refractivity contribution in [2.24, 2.45) is 5.41 Å². The van der Waals surface area contributed by atoms with Gasteiger partial charge in [0.25, 0.3) is 5.91 Å². The molecule has 0 aliphatic heterocycles. The Morgan fingerprint density at radius 3 is 2.18 bits per heavy atom. The number of benzene rings is 2. The van der Waals surface area contributed by atoms with Crippen LogP contribution in [0, 0.1) is 17.0 Å². The summed E-state index contributed by atoms with van der Waals surface area (Å²) in [5.74, 6) is -3.78. The number of carboxylic acids is 1. The number of nitrogens with zero attached hydrogens (tertiary/aromatic N) is 3. The molecule has 0 saturated carbocycles. The number of carbonyl (C=O) groups is 4. The van der Waals surface area contributed by atoms with Crippen molar-refractivity contribution in [2.75, 3.05) is 13.2 Å². The van der Waals surface area contributed by atoms with Gasteiger partial charge in [-0.25, -0.2) is 23.4 Å². The van der Waals surface area contributed by atoms with Gasteiger partial charge in [-0.1, -0.05) is 65.0 Å². The molecule has 268 valence electrons. The minimum absolute atomic E-state index is 0.0870. The fourth-order valence-corrected chi connectivity index (χ4v) is 4.99. The molecule has 0 fully saturated rings. The fourth-order valence-electron chi connectivity index (χ4n) is 4.99. The molecule has 13 heteroatoms. The highest BCUT2D eigenvalue weighted by atomic mass is 19.1. The molecule has 1 aromatic heterocycles. The van der Waals surface area contributed by atoms with Gasteiger partial charge in [-0.2, -0.15) is 0 Å². The van der Waals surface area contributed by atoms with Crippen molar-refractivity contribution in [2.45, 2.75) is 93.0 Å². The van der Waals surface area contributed by atoms with E-state index in [4.69, 9.17) is 14.5 Å². The van der Waals surface area contributed by atoms with Crippen molar-refractivity contribution in [3.63, 3.8) is 0 Å². The number of rotatable bonds is 12. The highest BCUT2D eigenvalue weighted by molar-refractivity contribution is 5.82. The average molecular weight is 687 g/mol. The first-order chi connectivity index (χ1) is 22.9. The largest absolute Gasteiger partial charge is 0.480 e. The van der Waals surface area contributed by atoms with Crippen LogP contribution in [-0.2, 0) is 30.4 Å². The Hall–Kier alpha value is -4.81. The molecule has 1 heterocycles. The van der Waals surface area contributed by atoms with Crippen LogP contribution in [0.1, 0.15) is 86.2 Å². The van der Waals surface area contributed by atoms with Crippen LogP contribution in [0.2, 0.25) is 0 Å². The van der Waals surface area contributed by atoms with E-state index in [9.17, 15) is 33.1 Å². The van der Waals surface area contributed by atoms with Crippen molar-refractivity contribution in [1.82, 2.24) is 19.8 Å². The van der Waals surface area contributed by atoms with Gasteiger partial charge in [0.1, 0.15) is 29.1 Å². The van der Waals surface area contributed by atoms with E-state index in [1.807, 2.05) is 65.0 Å². The second-order valence-electron chi connectivity index (χ2n) is 13.2. The van der Waals surface area contributed by atoms with Gasteiger partial charge in [0.05, 0.1) is 11.7 Å². The Kier molecular flexibility index (Phi) is 14.5. The van der Waals surface area contributed by atoms with E-state index in [2.05, 4.69) is 5.32 Å². The summed E-state index contributed by atoms with van der Waals surface area (Å²) >= 11 is 0. The minimum Gasteiger partial charge on any atom is -0.480 e. The Morgan fingerprint density at radius 1 is 1.00 bits per heavy atom. The lowest BCUT2D eigenvalue weighted by Crippen LogP contribution is -2.48. The molecule has 0 saturated heterocycles. The lowest BCUT2D eigenvalue weighted by Gasteiger charge is -2.40. The van der Waals surface area contributed by atoms with Crippen LogP contribution in [0.5, 0.6) is 0 Å². The molecule has 2 atom stereocenters. The molecular formula is C36H48F2N4O7. The summed E-state index contributed by atoms with van der Waals surface area (Å²) in [6.07, 6.45) is 0.366. The molecule has 0 radical (unpaired) electrons. The summed E-state index contributed by atoms with van der Waals surface area (Å²) in [5, 5.41) is 12.3. The highest BCUT2D eigenvalue weighted by Crippen LogP contribution is 2.39. The van der Waals surface area contributed by atoms with E-state index >= 15 is 0 Å². The number of alkyl carbamates (subject to hydrolysis) is 1. The quantitative estimate of drug-likeness (QED) is 0.200. The van der Waals surface area contributed by atoms with Crippen LogP contribution < -0.4 is 5.32 Å². The molecule has 3 aromatic rings. The number of ether oxygens (including phenoxy) is 2. The first-order valence-corrected chi connectivity index (χ1v) is 16.1. The van der Waals surface area contributed by atoms with Gasteiger partial charge in [0.2, 0.25) is 0 Å². The molecule has 0 aliphatic carbocycles. The lowest BCUT2D eigenvalue weighted by atomic mass is 9.84. The first-order valence-electron chi connectivity index (χ1n) is 16.1. The van der Waals surface area contributed by atoms with Gasteiger partial charge in [0, 0.05) is 31.8 Å². The number of amides is 2. The summed E-state index contributed by atoms with van der Waals surface area (Å²) in [6, 6.07) is 9.97. The molecule has 2 amide bonds. The van der Waals surface area contributed by atoms with E-state index < -0.39 is 65.3 Å². The number of esters is 1. The number of hydrogen-bond donors (Lipinski definition) is 2. The van der Waals surface area contributed by atoms with Crippen molar-refractivity contribution >= 4 is 23.9 Å². The van der Waals surface area contributed by atoms with Crippen molar-refractivity contribution in [3.05, 3.63) is 77.8 Å². The number of halogens is 2. The zero-order valence-corrected chi connectivity index (χ0v) is 29.7. The van der Waals surface area contributed by atoms with Crippen LogP contribution in [0.15, 0.2) is 54.7 Å². The van der Waals surface area contributed by atoms with Crippen LogP contribution in [0.3, 0.4) is 0 Å². The van der Waals surface area contributed by atoms with Crippen LogP contribution in [0.4, 0.5) is 13.6 Å². The zero-order valence-electron chi connectivity index (χ0n) is 29.7. The molecule has 3 rings (SSSR count). The first kappa shape index (κ1) is 40.4. The molecule has 0 aliphatic rings. The number of aromatic nitrogens is 2. The van der Waals surface area contributed by atoms with Gasteiger partial charge in [-0.05, 0) is 56.4 Å². The summed E-state index contributed by atoms with van der Waals surface area (Å²) in [5.41, 5.74) is -0.790. The Bertz CT molecular complexity index is 1580. The Balaban J connectivity index is 0.00000409. The number of carboxylic acid groups (broad SMARTS) is 1. The molecule has 49 heavy (non-hydrogen) atoms. The maximum atomic E-state index is 15.0. The molecule has 0 spiro atoms. The lowest BCUT2D eigenvalue weighted by molar-refractivity contribution is -0.153. The molecule has 11 nitrogen and oxygen atoms in total. The number of hydrogen-bond acceptors (Lipinski definition) is 7. The predicted molar refractivity (Wildman–Crippen MR) is 180 cm³/mol. The SMILES string of the molecule is CC.CC(=O)OCC(=O)N(CCC(NC(=O)OC(C)(C)C)C(=O)O)C(c1nc(-c2cc(F)ccc2F)cn1Cc1ccccc1)C(C)(C)C. The number of carbonyl (C=O) groups excluding carboxylic acids is 3. The number of aliphatic carboxylic acids is 1. The van der Waals surface area contributed by atoms with Gasteiger partial charge in [-0.15, -0.1) is 0 Å². The molecule has 2 unspecified atom stereocenters. The smallest absolute Gasteiger partial charge is 0.408 e. The highest BCUT2D eigenvalue weighted by Gasteiger charge is 2.39. The Morgan fingerprint density at radius 2 is 1.63 bits per heavy atom. The van der Waals surface area contributed by atoms with E-state index in [0.29, 0.717) is 5.82 Å². The maximum absolute atomic E-state index is 15.0. The molecule has 0 bridgehead atoms. The molecule has 2 aromatic carbocycles.